The number of benzene rings is 1. The Balaban J connectivity index is 2.58. The zero-order chi connectivity index (χ0) is 11.6. The highest BCUT2D eigenvalue weighted by Gasteiger charge is 2.22. The van der Waals surface area contributed by atoms with Crippen LogP contribution in [0.5, 0.6) is 0 Å². The summed E-state index contributed by atoms with van der Waals surface area (Å²) < 4.78 is 24.3. The van der Waals surface area contributed by atoms with E-state index in [2.05, 4.69) is 31.5 Å². The van der Waals surface area contributed by atoms with Gasteiger partial charge in [-0.2, -0.15) is 4.68 Å². The molecule has 6 nitrogen and oxygen atoms in total. The van der Waals surface area contributed by atoms with Gasteiger partial charge in [0.25, 0.3) is 5.16 Å². The van der Waals surface area contributed by atoms with E-state index in [1.165, 1.54) is 4.68 Å². The minimum atomic E-state index is -3.49. The predicted octanol–water partition coefficient (Wildman–Crippen LogP) is 0.788. The molecule has 1 heterocycles. The van der Waals surface area contributed by atoms with Crippen LogP contribution in [0.1, 0.15) is 0 Å². The molecule has 0 aliphatic carbocycles. The van der Waals surface area contributed by atoms with Crippen molar-refractivity contribution in [2.24, 2.45) is 0 Å². The fraction of sp³-hybridized carbons (Fsp3) is 0.125. The molecule has 0 fully saturated rings. The van der Waals surface area contributed by atoms with Crippen LogP contribution in [0.4, 0.5) is 0 Å². The second kappa shape index (κ2) is 4.30. The van der Waals surface area contributed by atoms with Crippen molar-refractivity contribution in [2.45, 2.75) is 5.16 Å². The van der Waals surface area contributed by atoms with Gasteiger partial charge in [-0.15, -0.1) is 0 Å². The summed E-state index contributed by atoms with van der Waals surface area (Å²) in [6.07, 6.45) is 0. The smallest absolute Gasteiger partial charge is 0.219 e. The van der Waals surface area contributed by atoms with Gasteiger partial charge in [0.15, 0.2) is 0 Å². The van der Waals surface area contributed by atoms with Crippen LogP contribution in [0.3, 0.4) is 0 Å². The minimum absolute atomic E-state index is 0.171. The monoisotopic (exact) mass is 302 g/mol. The minimum Gasteiger partial charge on any atom is -0.219 e. The van der Waals surface area contributed by atoms with Crippen molar-refractivity contribution in [1.29, 1.82) is 0 Å². The van der Waals surface area contributed by atoms with E-state index in [-0.39, 0.29) is 9.82 Å². The third kappa shape index (κ3) is 1.98. The Morgan fingerprint density at radius 3 is 2.56 bits per heavy atom. The standard InChI is InChI=1S/C8H7BrN4O2S/c9-6-16(14,15)8-10-11-12-13(8)7-4-2-1-3-5-7/h1-5H,6H2. The summed E-state index contributed by atoms with van der Waals surface area (Å²) in [6.45, 7) is 0. The van der Waals surface area contributed by atoms with Crippen LogP contribution >= 0.6 is 15.9 Å². The Morgan fingerprint density at radius 2 is 1.94 bits per heavy atom. The summed E-state index contributed by atoms with van der Waals surface area (Å²) in [5.74, 6) is 0. The molecular formula is C8H7BrN4O2S. The molecular weight excluding hydrogens is 296 g/mol. The van der Waals surface area contributed by atoms with Gasteiger partial charge in [-0.3, -0.25) is 0 Å². The first-order valence-electron chi connectivity index (χ1n) is 4.27. The summed E-state index contributed by atoms with van der Waals surface area (Å²) in [6, 6.07) is 8.84. The van der Waals surface area contributed by atoms with Crippen LogP contribution in [-0.2, 0) is 9.84 Å². The molecule has 2 rings (SSSR count). The van der Waals surface area contributed by atoms with Gasteiger partial charge in [0.2, 0.25) is 9.84 Å². The van der Waals surface area contributed by atoms with Gasteiger partial charge in [0.1, 0.15) is 4.66 Å². The van der Waals surface area contributed by atoms with Crippen molar-refractivity contribution >= 4 is 25.8 Å². The summed E-state index contributed by atoms with van der Waals surface area (Å²) in [5, 5.41) is 10.4. The number of halogens is 1. The molecule has 0 aliphatic heterocycles. The summed E-state index contributed by atoms with van der Waals surface area (Å²) in [5.41, 5.74) is 0.604. The third-order valence-electron chi connectivity index (χ3n) is 1.86. The van der Waals surface area contributed by atoms with E-state index in [4.69, 9.17) is 0 Å². The lowest BCUT2D eigenvalue weighted by molar-refractivity contribution is 0.585. The van der Waals surface area contributed by atoms with Crippen LogP contribution in [0.15, 0.2) is 35.5 Å². The van der Waals surface area contributed by atoms with Gasteiger partial charge >= 0.3 is 0 Å². The second-order valence-corrected chi connectivity index (χ2v) is 6.12. The lowest BCUT2D eigenvalue weighted by atomic mass is 10.3. The fourth-order valence-corrected chi connectivity index (χ4v) is 2.43. The zero-order valence-electron chi connectivity index (χ0n) is 7.99. The molecule has 0 saturated carbocycles. The number of rotatable bonds is 3. The Bertz CT molecular complexity index is 581. The first kappa shape index (κ1) is 11.2. The molecule has 84 valence electrons. The Morgan fingerprint density at radius 1 is 1.25 bits per heavy atom. The van der Waals surface area contributed by atoms with Gasteiger partial charge in [0.05, 0.1) is 5.69 Å². The lowest BCUT2D eigenvalue weighted by Gasteiger charge is -2.02. The number of hydrogen-bond acceptors (Lipinski definition) is 5. The zero-order valence-corrected chi connectivity index (χ0v) is 10.4. The average molecular weight is 303 g/mol. The van der Waals surface area contributed by atoms with Crippen LogP contribution < -0.4 is 0 Å². The highest BCUT2D eigenvalue weighted by Crippen LogP contribution is 2.13. The quantitative estimate of drug-likeness (QED) is 0.783. The molecule has 0 bridgehead atoms. The molecule has 0 aliphatic rings. The second-order valence-electron chi connectivity index (χ2n) is 2.93. The molecule has 0 unspecified atom stereocenters. The van der Waals surface area contributed by atoms with Gasteiger partial charge in [-0.25, -0.2) is 8.42 Å². The van der Waals surface area contributed by atoms with Crippen molar-refractivity contribution in [3.63, 3.8) is 0 Å². The first-order chi connectivity index (χ1) is 7.65. The average Bonchev–Trinajstić information content (AvgIpc) is 2.80. The number of nitrogens with zero attached hydrogens (tertiary/aromatic N) is 4. The first-order valence-corrected chi connectivity index (χ1v) is 7.05. The van der Waals surface area contributed by atoms with Crippen LogP contribution in [0.25, 0.3) is 5.69 Å². The predicted molar refractivity (Wildman–Crippen MR) is 60.1 cm³/mol. The highest BCUT2D eigenvalue weighted by atomic mass is 79.9. The molecule has 16 heavy (non-hydrogen) atoms. The molecule has 0 spiro atoms. The van der Waals surface area contributed by atoms with E-state index < -0.39 is 9.84 Å². The molecule has 0 amide bonds. The van der Waals surface area contributed by atoms with E-state index in [1.807, 2.05) is 6.07 Å². The number of aromatic nitrogens is 4. The Labute approximate surface area is 100 Å². The van der Waals surface area contributed by atoms with Crippen molar-refractivity contribution in [1.82, 2.24) is 20.2 Å². The SMILES string of the molecule is O=S(=O)(CBr)c1nnnn1-c1ccccc1. The Kier molecular flexibility index (Phi) is 3.01. The molecule has 1 aromatic heterocycles. The molecule has 1 aromatic carbocycles. The fourth-order valence-electron chi connectivity index (χ4n) is 1.15. The summed E-state index contributed by atoms with van der Waals surface area (Å²) in [4.78, 5) is 0. The van der Waals surface area contributed by atoms with Crippen molar-refractivity contribution in [3.05, 3.63) is 30.3 Å². The van der Waals surface area contributed by atoms with E-state index >= 15 is 0 Å². The van der Waals surface area contributed by atoms with E-state index in [1.54, 1.807) is 24.3 Å². The molecule has 0 atom stereocenters. The number of tetrazole rings is 1. The number of alkyl halides is 1. The maximum Gasteiger partial charge on any atom is 0.273 e. The van der Waals surface area contributed by atoms with E-state index in [0.717, 1.165) is 0 Å². The molecule has 8 heteroatoms. The van der Waals surface area contributed by atoms with Gasteiger partial charge in [-0.05, 0) is 22.6 Å². The normalized spacial score (nSPS) is 11.6. The van der Waals surface area contributed by atoms with Gasteiger partial charge in [-0.1, -0.05) is 39.2 Å². The maximum atomic E-state index is 11.6. The molecule has 0 N–H and O–H groups in total. The summed E-state index contributed by atoms with van der Waals surface area (Å²) >= 11 is 2.90. The maximum absolute atomic E-state index is 11.6. The summed E-state index contributed by atoms with van der Waals surface area (Å²) in [7, 11) is -3.49. The number of hydrogen-bond donors (Lipinski definition) is 0. The number of sulfone groups is 1. The van der Waals surface area contributed by atoms with Crippen molar-refractivity contribution < 1.29 is 8.42 Å². The molecule has 0 saturated heterocycles. The largest absolute Gasteiger partial charge is 0.273 e. The lowest BCUT2D eigenvalue weighted by Crippen LogP contribution is -2.11. The third-order valence-corrected chi connectivity index (χ3v) is 4.77. The van der Waals surface area contributed by atoms with Gasteiger partial charge < -0.3 is 0 Å². The molecule has 2 aromatic rings. The Hall–Kier alpha value is -1.28. The number of para-hydroxylation sites is 1. The highest BCUT2D eigenvalue weighted by molar-refractivity contribution is 9.10. The van der Waals surface area contributed by atoms with Crippen LogP contribution in [0.2, 0.25) is 0 Å². The van der Waals surface area contributed by atoms with Crippen LogP contribution in [0, 0.1) is 0 Å². The van der Waals surface area contributed by atoms with E-state index in [9.17, 15) is 8.42 Å². The topological polar surface area (TPSA) is 77.7 Å². The van der Waals surface area contributed by atoms with E-state index in [0.29, 0.717) is 5.69 Å². The van der Waals surface area contributed by atoms with Crippen molar-refractivity contribution in [3.8, 4) is 5.69 Å². The van der Waals surface area contributed by atoms with Gasteiger partial charge in [0, 0.05) is 0 Å². The molecule has 0 radical (unpaired) electrons. The van der Waals surface area contributed by atoms with Crippen molar-refractivity contribution in [2.75, 3.05) is 4.66 Å². The van der Waals surface area contributed by atoms with Crippen LogP contribution in [-0.4, -0.2) is 33.3 Å².